The van der Waals surface area contributed by atoms with E-state index in [2.05, 4.69) is 180 Å². The Bertz CT molecular complexity index is 5630. The molecule has 0 bridgehead atoms. The molecule has 18 aromatic rings. The SMILES string of the molecule is c1ccc(-c2cc(-c3cccc(-c4ccc(-c5nc(-c6ccccc6)nc(-c6ccccc6)n5)cc4)c3)nc(-c3cccc(-c4ccncc4)c3)n2)cc1.c1ccc(-c2nc(-c3cccc(-c4ccncc4)c3)cc(-c3cccc(-c4ccc(-c5nc(-c6ccccc6)nc(-c6ccccc6)n5)cc4)c3)n2)cc1. The van der Waals surface area contributed by atoms with Gasteiger partial charge in [0.15, 0.2) is 46.6 Å². The van der Waals surface area contributed by atoms with E-state index in [0.717, 1.165) is 134 Å². The van der Waals surface area contributed by atoms with Crippen molar-refractivity contribution < 1.29 is 0 Å². The Morgan fingerprint density at radius 3 is 0.583 bits per heavy atom. The first-order chi connectivity index (χ1) is 53.5. The standard InChI is InChI=1S/2C48H32N6/c1-4-12-35(13-5-1)45-50-43(32-44(51-45)42-21-11-19-40(31-42)34-26-28-49-29-27-34)41-20-10-18-39(30-41)33-22-24-38(25-23-33)48-53-46(36-14-6-2-7-15-36)52-47(54-48)37-16-8-3-9-17-37;1-4-12-35(13-5-1)43-32-44(51-48(50-43)42-21-11-19-40(31-42)34-26-28-49-29-27-34)41-20-10-18-39(30-41)33-22-24-38(25-23-33)47-53-45(36-14-6-2-7-15-36)52-46(54-47)37-16-8-3-9-17-37/h2*1-32H. The topological polar surface area (TPSA) is 155 Å². The van der Waals surface area contributed by atoms with Crippen LogP contribution in [0, 0.1) is 0 Å². The van der Waals surface area contributed by atoms with Gasteiger partial charge in [-0.2, -0.15) is 0 Å². The molecule has 0 aliphatic heterocycles. The number of benzene rings is 12. The van der Waals surface area contributed by atoms with Gasteiger partial charge in [0.1, 0.15) is 0 Å². The highest BCUT2D eigenvalue weighted by molar-refractivity contribution is 5.82. The maximum absolute atomic E-state index is 5.14. The lowest BCUT2D eigenvalue weighted by atomic mass is 9.99. The lowest BCUT2D eigenvalue weighted by molar-refractivity contribution is 1.07. The third kappa shape index (κ3) is 15.1. The summed E-state index contributed by atoms with van der Waals surface area (Å²) in [4.78, 5) is 58.0. The van der Waals surface area contributed by atoms with Crippen molar-refractivity contribution in [1.29, 1.82) is 0 Å². The lowest BCUT2D eigenvalue weighted by Crippen LogP contribution is -2.00. The predicted molar refractivity (Wildman–Crippen MR) is 433 cm³/mol. The molecule has 18 rings (SSSR count). The van der Waals surface area contributed by atoms with Crippen LogP contribution in [0.2, 0.25) is 0 Å². The minimum atomic E-state index is 0.623. The Morgan fingerprint density at radius 1 is 0.111 bits per heavy atom. The fraction of sp³-hybridized carbons (Fsp3) is 0. The minimum absolute atomic E-state index is 0.623. The van der Waals surface area contributed by atoms with Crippen molar-refractivity contribution in [2.75, 3.05) is 0 Å². The van der Waals surface area contributed by atoms with Crippen LogP contribution >= 0.6 is 0 Å². The van der Waals surface area contributed by atoms with Gasteiger partial charge in [-0.1, -0.05) is 303 Å². The molecule has 0 radical (unpaired) electrons. The first-order valence-electron chi connectivity index (χ1n) is 35.5. The smallest absolute Gasteiger partial charge is 0.164 e. The van der Waals surface area contributed by atoms with Crippen LogP contribution in [0.1, 0.15) is 0 Å². The summed E-state index contributed by atoms with van der Waals surface area (Å²) in [7, 11) is 0. The van der Waals surface area contributed by atoms with Gasteiger partial charge in [0.25, 0.3) is 0 Å². The third-order valence-electron chi connectivity index (χ3n) is 18.5. The van der Waals surface area contributed by atoms with Gasteiger partial charge in [0.05, 0.1) is 22.8 Å². The van der Waals surface area contributed by atoms with E-state index in [9.17, 15) is 0 Å². The number of nitrogens with zero attached hydrogens (tertiary/aromatic N) is 12. The summed E-state index contributed by atoms with van der Waals surface area (Å²) in [6.45, 7) is 0. The summed E-state index contributed by atoms with van der Waals surface area (Å²) < 4.78 is 0. The second-order valence-corrected chi connectivity index (χ2v) is 25.7. The number of aromatic nitrogens is 12. The molecule has 0 atom stereocenters. The molecular formula is C96H64N12. The average molecular weight is 1390 g/mol. The highest BCUT2D eigenvalue weighted by Crippen LogP contribution is 2.37. The molecule has 0 amide bonds. The van der Waals surface area contributed by atoms with Gasteiger partial charge in [-0.25, -0.2) is 49.8 Å². The average Bonchev–Trinajstić information content (AvgIpc) is 0.798. The van der Waals surface area contributed by atoms with Gasteiger partial charge in [-0.05, 0) is 105 Å². The van der Waals surface area contributed by atoms with Crippen molar-refractivity contribution in [3.05, 3.63) is 389 Å². The zero-order valence-electron chi connectivity index (χ0n) is 58.3. The number of rotatable bonds is 16. The summed E-state index contributed by atoms with van der Waals surface area (Å²) in [5.41, 5.74) is 23.6. The van der Waals surface area contributed by atoms with Crippen LogP contribution < -0.4 is 0 Å². The van der Waals surface area contributed by atoms with E-state index < -0.39 is 0 Å². The Hall–Kier alpha value is -14.9. The quantitative estimate of drug-likeness (QED) is 0.0904. The van der Waals surface area contributed by atoms with Crippen molar-refractivity contribution in [2.24, 2.45) is 0 Å². The molecule has 0 unspecified atom stereocenters. The summed E-state index contributed by atoms with van der Waals surface area (Å²) >= 11 is 0. The summed E-state index contributed by atoms with van der Waals surface area (Å²) in [5.74, 6) is 5.14. The second kappa shape index (κ2) is 31.0. The van der Waals surface area contributed by atoms with Gasteiger partial charge in [0.2, 0.25) is 0 Å². The Kier molecular flexibility index (Phi) is 19.0. The highest BCUT2D eigenvalue weighted by Gasteiger charge is 2.19. The van der Waals surface area contributed by atoms with Crippen LogP contribution in [0.25, 0.3) is 181 Å². The Labute approximate surface area is 625 Å². The Morgan fingerprint density at radius 2 is 0.296 bits per heavy atom. The molecule has 6 heterocycles. The highest BCUT2D eigenvalue weighted by atomic mass is 15.0. The molecule has 0 saturated carbocycles. The summed E-state index contributed by atoms with van der Waals surface area (Å²) in [6.07, 6.45) is 7.25. The monoisotopic (exact) mass is 1380 g/mol. The molecule has 0 aliphatic carbocycles. The van der Waals surface area contributed by atoms with E-state index in [-0.39, 0.29) is 0 Å². The van der Waals surface area contributed by atoms with Crippen molar-refractivity contribution in [2.45, 2.75) is 0 Å². The molecule has 12 aromatic carbocycles. The van der Waals surface area contributed by atoms with E-state index in [1.807, 2.05) is 219 Å². The lowest BCUT2D eigenvalue weighted by Gasteiger charge is -2.12. The number of pyridine rings is 2. The molecule has 108 heavy (non-hydrogen) atoms. The normalized spacial score (nSPS) is 11.0. The minimum Gasteiger partial charge on any atom is -0.265 e. The number of hydrogen-bond donors (Lipinski definition) is 0. The van der Waals surface area contributed by atoms with Crippen LogP contribution in [0.5, 0.6) is 0 Å². The van der Waals surface area contributed by atoms with E-state index >= 15 is 0 Å². The zero-order valence-corrected chi connectivity index (χ0v) is 58.3. The van der Waals surface area contributed by atoms with Crippen molar-refractivity contribution in [3.8, 4) is 181 Å². The molecule has 0 N–H and O–H groups in total. The maximum Gasteiger partial charge on any atom is 0.164 e. The van der Waals surface area contributed by atoms with Gasteiger partial charge in [0, 0.05) is 91.5 Å². The molecular weight excluding hydrogens is 1320 g/mol. The largest absolute Gasteiger partial charge is 0.265 e. The van der Waals surface area contributed by atoms with E-state index in [1.165, 1.54) is 0 Å². The number of hydrogen-bond acceptors (Lipinski definition) is 12. The fourth-order valence-electron chi connectivity index (χ4n) is 12.9. The van der Waals surface area contributed by atoms with Gasteiger partial charge in [-0.15, -0.1) is 0 Å². The molecule has 6 aromatic heterocycles. The van der Waals surface area contributed by atoms with Crippen LogP contribution in [0.3, 0.4) is 0 Å². The predicted octanol–water partition coefficient (Wildman–Crippen LogP) is 22.8. The van der Waals surface area contributed by atoms with E-state index in [1.54, 1.807) is 0 Å². The van der Waals surface area contributed by atoms with E-state index in [0.29, 0.717) is 46.6 Å². The molecule has 0 spiro atoms. The van der Waals surface area contributed by atoms with Crippen LogP contribution in [-0.4, -0.2) is 59.8 Å². The van der Waals surface area contributed by atoms with Crippen molar-refractivity contribution in [1.82, 2.24) is 59.8 Å². The van der Waals surface area contributed by atoms with Crippen molar-refractivity contribution >= 4 is 0 Å². The van der Waals surface area contributed by atoms with Gasteiger partial charge >= 0.3 is 0 Å². The molecule has 0 fully saturated rings. The summed E-state index contributed by atoms with van der Waals surface area (Å²) in [5, 5.41) is 0. The van der Waals surface area contributed by atoms with Gasteiger partial charge < -0.3 is 0 Å². The second-order valence-electron chi connectivity index (χ2n) is 25.7. The molecule has 12 nitrogen and oxygen atoms in total. The Balaban J connectivity index is 0.000000158. The molecule has 508 valence electrons. The van der Waals surface area contributed by atoms with Crippen LogP contribution in [0.4, 0.5) is 0 Å². The fourth-order valence-corrected chi connectivity index (χ4v) is 12.9. The van der Waals surface area contributed by atoms with Crippen LogP contribution in [0.15, 0.2) is 389 Å². The maximum atomic E-state index is 5.14. The third-order valence-corrected chi connectivity index (χ3v) is 18.5. The van der Waals surface area contributed by atoms with Crippen molar-refractivity contribution in [3.63, 3.8) is 0 Å². The summed E-state index contributed by atoms with van der Waals surface area (Å²) in [6, 6.07) is 123. The van der Waals surface area contributed by atoms with E-state index in [4.69, 9.17) is 49.8 Å². The molecule has 12 heteroatoms. The van der Waals surface area contributed by atoms with Crippen LogP contribution in [-0.2, 0) is 0 Å². The first-order valence-corrected chi connectivity index (χ1v) is 35.5. The first kappa shape index (κ1) is 66.4. The molecule has 0 aliphatic rings. The molecule has 0 saturated heterocycles. The zero-order chi connectivity index (χ0) is 72.2. The van der Waals surface area contributed by atoms with Gasteiger partial charge in [-0.3, -0.25) is 9.97 Å².